The third kappa shape index (κ3) is 6.08. The van der Waals surface area contributed by atoms with Crippen LogP contribution in [0.1, 0.15) is 61.3 Å². The first-order chi connectivity index (χ1) is 13.0. The molecule has 1 N–H and O–H groups in total. The van der Waals surface area contributed by atoms with E-state index in [0.717, 1.165) is 42.3 Å². The number of nitrogens with zero attached hydrogens (tertiary/aromatic N) is 1. The average Bonchev–Trinajstić information content (AvgIpc) is 2.91. The van der Waals surface area contributed by atoms with Crippen LogP contribution in [0.25, 0.3) is 0 Å². The zero-order valence-corrected chi connectivity index (χ0v) is 18.6. The van der Waals surface area contributed by atoms with Crippen LogP contribution in [0.5, 0.6) is 0 Å². The van der Waals surface area contributed by atoms with E-state index in [-0.39, 0.29) is 0 Å². The van der Waals surface area contributed by atoms with Gasteiger partial charge < -0.3 is 4.90 Å². The average molecular weight is 405 g/mol. The Morgan fingerprint density at radius 3 is 2.89 bits per heavy atom. The summed E-state index contributed by atoms with van der Waals surface area (Å²) in [5, 5.41) is 9.58. The van der Waals surface area contributed by atoms with E-state index in [1.165, 1.54) is 35.3 Å². The van der Waals surface area contributed by atoms with Gasteiger partial charge in [0.15, 0.2) is 0 Å². The third-order valence-corrected chi connectivity index (χ3v) is 6.94. The van der Waals surface area contributed by atoms with E-state index in [2.05, 4.69) is 50.5 Å². The van der Waals surface area contributed by atoms with Gasteiger partial charge in [-0.2, -0.15) is 0 Å². The first-order valence-corrected chi connectivity index (χ1v) is 11.2. The van der Waals surface area contributed by atoms with Gasteiger partial charge in [-0.05, 0) is 57.4 Å². The summed E-state index contributed by atoms with van der Waals surface area (Å²) < 4.78 is 0. The minimum atomic E-state index is 0.565. The van der Waals surface area contributed by atoms with Gasteiger partial charge in [-0.25, -0.2) is 0 Å². The van der Waals surface area contributed by atoms with Crippen molar-refractivity contribution >= 4 is 28.8 Å². The van der Waals surface area contributed by atoms with Crippen molar-refractivity contribution in [3.05, 3.63) is 56.8 Å². The summed E-state index contributed by atoms with van der Waals surface area (Å²) in [4.78, 5) is 4.31. The van der Waals surface area contributed by atoms with E-state index in [0.29, 0.717) is 11.8 Å². The van der Waals surface area contributed by atoms with Crippen LogP contribution in [0.4, 0.5) is 0 Å². The molecule has 0 radical (unpaired) electrons. The van der Waals surface area contributed by atoms with E-state index >= 15 is 0 Å². The highest BCUT2D eigenvalue weighted by molar-refractivity contribution is 7.14. The second-order valence-electron chi connectivity index (χ2n) is 7.38. The first-order valence-electron chi connectivity index (χ1n) is 10.0. The number of hydrogen-bond acceptors (Lipinski definition) is 2. The number of thiophene rings is 1. The largest absolute Gasteiger partial charge is 0.352 e. The summed E-state index contributed by atoms with van der Waals surface area (Å²) in [7, 11) is 0. The highest BCUT2D eigenvalue weighted by Gasteiger charge is 2.20. The topological polar surface area (TPSA) is 27.1 Å². The third-order valence-electron chi connectivity index (χ3n) is 5.26. The van der Waals surface area contributed by atoms with Gasteiger partial charge in [0.25, 0.3) is 0 Å². The van der Waals surface area contributed by atoms with Crippen molar-refractivity contribution in [2.24, 2.45) is 5.92 Å². The molecular weight excluding hydrogens is 372 g/mol. The molecule has 0 spiro atoms. The Hall–Kier alpha value is -1.32. The molecule has 0 saturated heterocycles. The van der Waals surface area contributed by atoms with Crippen molar-refractivity contribution in [3.8, 4) is 0 Å². The van der Waals surface area contributed by atoms with E-state index in [1.54, 1.807) is 11.3 Å². The Bertz CT molecular complexity index is 714. The highest BCUT2D eigenvalue weighted by Crippen LogP contribution is 2.34. The van der Waals surface area contributed by atoms with Gasteiger partial charge in [0, 0.05) is 18.0 Å². The molecule has 1 aliphatic heterocycles. The smallest absolute Gasteiger partial charge is 0.140 e. The maximum Gasteiger partial charge on any atom is 0.140 e. The quantitative estimate of drug-likeness (QED) is 0.314. The Balaban J connectivity index is 2.18. The van der Waals surface area contributed by atoms with E-state index < -0.39 is 0 Å². The van der Waals surface area contributed by atoms with Crippen LogP contribution in [0.2, 0.25) is 5.02 Å². The van der Waals surface area contributed by atoms with Crippen LogP contribution in [-0.4, -0.2) is 23.8 Å². The normalized spacial score (nSPS) is 21.9. The number of amidine groups is 1. The van der Waals surface area contributed by atoms with Crippen LogP contribution in [0.3, 0.4) is 0 Å². The molecule has 1 aliphatic rings. The molecule has 2 rings (SSSR count). The fourth-order valence-corrected chi connectivity index (χ4v) is 5.15. The number of nitrogens with one attached hydrogen (secondary N) is 1. The first kappa shape index (κ1) is 22.0. The molecule has 0 bridgehead atoms. The maximum atomic E-state index is 8.81. The lowest BCUT2D eigenvalue weighted by molar-refractivity contribution is 0.423. The van der Waals surface area contributed by atoms with Crippen molar-refractivity contribution in [2.75, 3.05) is 13.1 Å². The molecule has 2 nitrogen and oxygen atoms in total. The number of allylic oxidation sites excluding steroid dienone is 4. The van der Waals surface area contributed by atoms with E-state index in [4.69, 9.17) is 17.0 Å². The maximum absolute atomic E-state index is 8.81. The summed E-state index contributed by atoms with van der Waals surface area (Å²) in [6.07, 6.45) is 15.3. The molecule has 0 aliphatic carbocycles. The van der Waals surface area contributed by atoms with Gasteiger partial charge in [-0.15, -0.1) is 17.9 Å². The van der Waals surface area contributed by atoms with Crippen LogP contribution < -0.4 is 0 Å². The lowest BCUT2D eigenvalue weighted by Crippen LogP contribution is -2.32. The van der Waals surface area contributed by atoms with Crippen molar-refractivity contribution in [1.29, 1.82) is 5.41 Å². The van der Waals surface area contributed by atoms with Crippen molar-refractivity contribution in [3.63, 3.8) is 0 Å². The standard InChI is InChI=1S/C23H33ClN2S/c1-5-7-13-20-18(4)27-22(21(20)24)23(25)26-14-9-8-12-19(6-2)16-17(3)11-10-15-26/h5,10-11,16,19,25H,1,6-9,12-15H2,2-4H3/b11-10-,17-16-,25-23?. The summed E-state index contributed by atoms with van der Waals surface area (Å²) >= 11 is 8.33. The van der Waals surface area contributed by atoms with E-state index in [9.17, 15) is 0 Å². The van der Waals surface area contributed by atoms with Crippen LogP contribution in [-0.2, 0) is 6.42 Å². The molecular formula is C23H33ClN2S. The molecule has 4 heteroatoms. The fourth-order valence-electron chi connectivity index (χ4n) is 3.58. The highest BCUT2D eigenvalue weighted by atomic mass is 35.5. The molecule has 1 atom stereocenters. The molecule has 1 aromatic rings. The summed E-state index contributed by atoms with van der Waals surface area (Å²) in [6, 6.07) is 0. The Kier molecular flexibility index (Phi) is 8.85. The summed E-state index contributed by atoms with van der Waals surface area (Å²) in [6.45, 7) is 12.0. The molecule has 1 unspecified atom stereocenters. The number of rotatable bonds is 5. The van der Waals surface area contributed by atoms with Crippen molar-refractivity contribution < 1.29 is 0 Å². The van der Waals surface area contributed by atoms with Gasteiger partial charge in [0.05, 0.1) is 9.90 Å². The molecule has 0 fully saturated rings. The predicted molar refractivity (Wildman–Crippen MR) is 122 cm³/mol. The molecule has 148 valence electrons. The molecule has 0 aromatic carbocycles. The van der Waals surface area contributed by atoms with Crippen molar-refractivity contribution in [1.82, 2.24) is 4.90 Å². The fraction of sp³-hybridized carbons (Fsp3) is 0.522. The van der Waals surface area contributed by atoms with Gasteiger partial charge in [0.2, 0.25) is 0 Å². The van der Waals surface area contributed by atoms with Gasteiger partial charge in [-0.1, -0.05) is 54.8 Å². The molecule has 27 heavy (non-hydrogen) atoms. The summed E-state index contributed by atoms with van der Waals surface area (Å²) in [5.74, 6) is 1.23. The van der Waals surface area contributed by atoms with Gasteiger partial charge in [0.1, 0.15) is 5.84 Å². The number of halogens is 1. The van der Waals surface area contributed by atoms with Gasteiger partial charge in [-0.3, -0.25) is 5.41 Å². The van der Waals surface area contributed by atoms with Gasteiger partial charge >= 0.3 is 0 Å². The minimum Gasteiger partial charge on any atom is -0.352 e. The minimum absolute atomic E-state index is 0.565. The number of hydrogen-bond donors (Lipinski definition) is 1. The Morgan fingerprint density at radius 2 is 2.19 bits per heavy atom. The van der Waals surface area contributed by atoms with Crippen LogP contribution in [0.15, 0.2) is 36.5 Å². The Labute approximate surface area is 174 Å². The lowest BCUT2D eigenvalue weighted by Gasteiger charge is -2.23. The predicted octanol–water partition coefficient (Wildman–Crippen LogP) is 7.17. The van der Waals surface area contributed by atoms with Crippen LogP contribution >= 0.6 is 22.9 Å². The molecule has 0 amide bonds. The zero-order valence-electron chi connectivity index (χ0n) is 17.0. The zero-order chi connectivity index (χ0) is 19.8. The molecule has 0 saturated carbocycles. The second-order valence-corrected chi connectivity index (χ2v) is 8.98. The van der Waals surface area contributed by atoms with Crippen molar-refractivity contribution in [2.45, 2.75) is 59.3 Å². The summed E-state index contributed by atoms with van der Waals surface area (Å²) in [5.41, 5.74) is 2.51. The number of aryl methyl sites for hydroxylation is 1. The molecule has 2 heterocycles. The second kappa shape index (κ2) is 10.9. The monoisotopic (exact) mass is 404 g/mol. The van der Waals surface area contributed by atoms with Crippen LogP contribution in [0, 0.1) is 18.3 Å². The van der Waals surface area contributed by atoms with E-state index in [1.807, 2.05) is 6.08 Å². The Morgan fingerprint density at radius 1 is 1.41 bits per heavy atom. The molecule has 1 aromatic heterocycles. The SMILES string of the molecule is C=CCCc1c(C)sc(C(=N)N2C/C=C\C(C)=C/C(CC)CCCC2)c1Cl. The lowest BCUT2D eigenvalue weighted by atomic mass is 9.96.